The minimum Gasteiger partial charge on any atom is -0.465 e. The number of β-amino-alcohol motifs (C(OH)–C–C–N with tert-alkyl or cyclic N) is 1. The number of furan rings is 1. The Hall–Kier alpha value is -1.89. The van der Waals surface area contributed by atoms with Crippen LogP contribution in [0.1, 0.15) is 16.7 Å². The number of amides is 1. The number of carbonyl (C=O) groups excluding carboxylic acids is 1. The summed E-state index contributed by atoms with van der Waals surface area (Å²) in [6.07, 6.45) is 4.38. The van der Waals surface area contributed by atoms with Crippen LogP contribution in [-0.2, 0) is 4.79 Å². The molecule has 1 atom stereocenters. The lowest BCUT2D eigenvalue weighted by Crippen LogP contribution is -2.49. The molecule has 0 aromatic carbocycles. The fraction of sp³-hybridized carbons (Fsp3) is 0.353. The second kappa shape index (κ2) is 7.59. The number of hydrogen-bond acceptors (Lipinski definition) is 5. The molecule has 1 aliphatic rings. The number of thiophene rings is 1. The fourth-order valence-corrected chi connectivity index (χ4v) is 3.31. The summed E-state index contributed by atoms with van der Waals surface area (Å²) in [4.78, 5) is 17.2. The Labute approximate surface area is 139 Å². The van der Waals surface area contributed by atoms with Crippen LogP contribution < -0.4 is 0 Å². The van der Waals surface area contributed by atoms with Crippen molar-refractivity contribution in [1.29, 1.82) is 0 Å². The van der Waals surface area contributed by atoms with Crippen molar-refractivity contribution in [3.05, 3.63) is 52.6 Å². The maximum atomic E-state index is 12.1. The van der Waals surface area contributed by atoms with Crippen LogP contribution >= 0.6 is 11.3 Å². The van der Waals surface area contributed by atoms with Crippen LogP contribution in [0.15, 0.2) is 46.4 Å². The Morgan fingerprint density at radius 3 is 2.78 bits per heavy atom. The number of aliphatic hydroxyl groups is 1. The highest BCUT2D eigenvalue weighted by Crippen LogP contribution is 2.20. The van der Waals surface area contributed by atoms with E-state index in [9.17, 15) is 9.90 Å². The lowest BCUT2D eigenvalue weighted by atomic mass is 10.2. The molecule has 1 saturated heterocycles. The van der Waals surface area contributed by atoms with Gasteiger partial charge in [0.25, 0.3) is 0 Å². The second-order valence-electron chi connectivity index (χ2n) is 5.51. The lowest BCUT2D eigenvalue weighted by molar-refractivity contribution is -0.127. The average Bonchev–Trinajstić information content (AvgIpc) is 3.26. The number of nitrogens with zero attached hydrogens (tertiary/aromatic N) is 2. The predicted octanol–water partition coefficient (Wildman–Crippen LogP) is 2.23. The van der Waals surface area contributed by atoms with Gasteiger partial charge < -0.3 is 14.4 Å². The summed E-state index contributed by atoms with van der Waals surface area (Å²) >= 11 is 1.57. The van der Waals surface area contributed by atoms with E-state index in [0.717, 1.165) is 18.0 Å². The summed E-state index contributed by atoms with van der Waals surface area (Å²) in [5, 5.41) is 12.2. The molecule has 23 heavy (non-hydrogen) atoms. The molecule has 6 heteroatoms. The van der Waals surface area contributed by atoms with Crippen LogP contribution in [0.25, 0.3) is 6.08 Å². The summed E-state index contributed by atoms with van der Waals surface area (Å²) in [6, 6.07) is 7.51. The zero-order valence-electron chi connectivity index (χ0n) is 12.8. The quantitative estimate of drug-likeness (QED) is 0.853. The highest BCUT2D eigenvalue weighted by Gasteiger charge is 2.22. The van der Waals surface area contributed by atoms with Gasteiger partial charge in [0.1, 0.15) is 11.9 Å². The Kier molecular flexibility index (Phi) is 5.27. The van der Waals surface area contributed by atoms with Crippen molar-refractivity contribution in [2.75, 3.05) is 32.7 Å². The van der Waals surface area contributed by atoms with Gasteiger partial charge in [0.05, 0.1) is 6.26 Å². The van der Waals surface area contributed by atoms with Crippen LogP contribution in [0, 0.1) is 0 Å². The zero-order chi connectivity index (χ0) is 16.1. The van der Waals surface area contributed by atoms with Gasteiger partial charge in [0.15, 0.2) is 0 Å². The van der Waals surface area contributed by atoms with E-state index in [1.54, 1.807) is 35.8 Å². The molecular weight excluding hydrogens is 312 g/mol. The smallest absolute Gasteiger partial charge is 0.246 e. The van der Waals surface area contributed by atoms with Crippen molar-refractivity contribution < 1.29 is 14.3 Å². The van der Waals surface area contributed by atoms with Gasteiger partial charge in [-0.1, -0.05) is 6.07 Å². The van der Waals surface area contributed by atoms with Gasteiger partial charge in [0.2, 0.25) is 5.91 Å². The lowest BCUT2D eigenvalue weighted by Gasteiger charge is -2.35. The molecule has 1 fully saturated rings. The topological polar surface area (TPSA) is 56.9 Å². The molecule has 0 aliphatic carbocycles. The summed E-state index contributed by atoms with van der Waals surface area (Å²) < 4.78 is 5.17. The summed E-state index contributed by atoms with van der Waals surface area (Å²) in [6.45, 7) is 3.54. The first-order valence-corrected chi connectivity index (χ1v) is 8.54. The first-order chi connectivity index (χ1) is 11.2. The zero-order valence-corrected chi connectivity index (χ0v) is 13.6. The predicted molar refractivity (Wildman–Crippen MR) is 90.0 cm³/mol. The van der Waals surface area contributed by atoms with Crippen molar-refractivity contribution in [2.24, 2.45) is 0 Å². The number of aliphatic hydroxyl groups excluding tert-OH is 1. The van der Waals surface area contributed by atoms with E-state index in [-0.39, 0.29) is 5.91 Å². The van der Waals surface area contributed by atoms with Gasteiger partial charge in [-0.25, -0.2) is 0 Å². The Morgan fingerprint density at radius 2 is 2.13 bits per heavy atom. The summed E-state index contributed by atoms with van der Waals surface area (Å²) in [5.74, 6) is 0.677. The van der Waals surface area contributed by atoms with Crippen molar-refractivity contribution in [3.8, 4) is 0 Å². The first kappa shape index (κ1) is 16.0. The minimum absolute atomic E-state index is 0.000134. The molecule has 1 amide bonds. The van der Waals surface area contributed by atoms with Crippen molar-refractivity contribution in [2.45, 2.75) is 6.10 Å². The molecular formula is C17H20N2O3S. The van der Waals surface area contributed by atoms with E-state index in [2.05, 4.69) is 4.90 Å². The molecule has 1 unspecified atom stereocenters. The van der Waals surface area contributed by atoms with Crippen molar-refractivity contribution in [3.63, 3.8) is 0 Å². The van der Waals surface area contributed by atoms with Crippen LogP contribution in [-0.4, -0.2) is 53.5 Å². The molecule has 3 rings (SSSR count). The highest BCUT2D eigenvalue weighted by atomic mass is 32.1. The van der Waals surface area contributed by atoms with Gasteiger partial charge in [-0.05, 0) is 29.7 Å². The van der Waals surface area contributed by atoms with E-state index in [0.29, 0.717) is 25.4 Å². The van der Waals surface area contributed by atoms with Gasteiger partial charge in [-0.3, -0.25) is 9.69 Å². The second-order valence-corrected chi connectivity index (χ2v) is 6.49. The van der Waals surface area contributed by atoms with E-state index in [1.165, 1.54) is 0 Å². The van der Waals surface area contributed by atoms with Crippen molar-refractivity contribution >= 4 is 23.3 Å². The molecule has 1 N–H and O–H groups in total. The van der Waals surface area contributed by atoms with Gasteiger partial charge in [-0.2, -0.15) is 0 Å². The third-order valence-electron chi connectivity index (χ3n) is 3.92. The van der Waals surface area contributed by atoms with Gasteiger partial charge in [-0.15, -0.1) is 11.3 Å². The Bertz CT molecular complexity index is 629. The highest BCUT2D eigenvalue weighted by molar-refractivity contribution is 7.10. The van der Waals surface area contributed by atoms with Crippen LogP contribution in [0.4, 0.5) is 0 Å². The van der Waals surface area contributed by atoms with E-state index in [4.69, 9.17) is 4.42 Å². The Balaban J connectivity index is 1.45. The van der Waals surface area contributed by atoms with E-state index < -0.39 is 6.10 Å². The number of rotatable bonds is 5. The molecule has 2 aromatic rings. The minimum atomic E-state index is -0.448. The van der Waals surface area contributed by atoms with Crippen LogP contribution in [0.5, 0.6) is 0 Å². The molecule has 5 nitrogen and oxygen atoms in total. The largest absolute Gasteiger partial charge is 0.465 e. The molecule has 0 bridgehead atoms. The van der Waals surface area contributed by atoms with Gasteiger partial charge >= 0.3 is 0 Å². The molecule has 122 valence electrons. The monoisotopic (exact) mass is 332 g/mol. The molecule has 3 heterocycles. The third kappa shape index (κ3) is 4.31. The fourth-order valence-electron chi connectivity index (χ4n) is 2.61. The maximum absolute atomic E-state index is 12.1. The normalized spacial score (nSPS) is 17.7. The van der Waals surface area contributed by atoms with Crippen LogP contribution in [0.3, 0.4) is 0 Å². The summed E-state index contributed by atoms with van der Waals surface area (Å²) in [7, 11) is 0. The van der Waals surface area contributed by atoms with E-state index in [1.807, 2.05) is 28.5 Å². The number of piperazine rings is 1. The molecule has 0 spiro atoms. The molecule has 2 aromatic heterocycles. The molecule has 1 aliphatic heterocycles. The standard InChI is InChI=1S/C17H20N2O3S/c20-15(16-4-2-12-23-16)13-18-7-9-19(10-8-18)17(21)6-5-14-3-1-11-22-14/h1-6,11-12,15,20H,7-10,13H2. The summed E-state index contributed by atoms with van der Waals surface area (Å²) in [5.41, 5.74) is 0. The average molecular weight is 332 g/mol. The van der Waals surface area contributed by atoms with Crippen LogP contribution in [0.2, 0.25) is 0 Å². The van der Waals surface area contributed by atoms with Crippen molar-refractivity contribution in [1.82, 2.24) is 9.80 Å². The third-order valence-corrected chi connectivity index (χ3v) is 4.89. The van der Waals surface area contributed by atoms with E-state index >= 15 is 0 Å². The Morgan fingerprint density at radius 1 is 1.30 bits per heavy atom. The first-order valence-electron chi connectivity index (χ1n) is 7.67. The SMILES string of the molecule is O=C(C=Cc1ccco1)N1CCN(CC(O)c2cccs2)CC1. The molecule has 0 radical (unpaired) electrons. The maximum Gasteiger partial charge on any atom is 0.246 e. The van der Waals surface area contributed by atoms with Gasteiger partial charge in [0, 0.05) is 43.7 Å². The number of hydrogen-bond donors (Lipinski definition) is 1. The molecule has 0 saturated carbocycles. The number of carbonyl (C=O) groups is 1.